The molecule has 0 amide bonds. The number of halogens is 6. The molecule has 1 N–H and O–H groups in total. The zero-order chi connectivity index (χ0) is 31.7. The summed E-state index contributed by atoms with van der Waals surface area (Å²) in [4.78, 5) is 12.2. The molecule has 3 aromatic rings. The van der Waals surface area contributed by atoms with Crippen molar-refractivity contribution >= 4 is 15.8 Å². The van der Waals surface area contributed by atoms with Crippen LogP contribution in [-0.2, 0) is 27.0 Å². The lowest BCUT2D eigenvalue weighted by Crippen LogP contribution is -2.32. The molecule has 0 aliphatic heterocycles. The summed E-state index contributed by atoms with van der Waals surface area (Å²) in [7, 11) is -3.98. The Hall–Kier alpha value is -3.78. The van der Waals surface area contributed by atoms with Crippen LogP contribution in [-0.4, -0.2) is 50.0 Å². The lowest BCUT2D eigenvalue weighted by molar-refractivity contribution is -0.138. The predicted octanol–water partition coefficient (Wildman–Crippen LogP) is 7.27. The Kier molecular flexibility index (Phi) is 11.4. The molecule has 0 aliphatic rings. The predicted molar refractivity (Wildman–Crippen MR) is 145 cm³/mol. The second-order valence-corrected chi connectivity index (χ2v) is 11.5. The average molecular weight is 634 g/mol. The molecular weight excluding hydrogens is 604 g/mol. The minimum absolute atomic E-state index is 0.0248. The topological polar surface area (TPSA) is 93.1 Å². The first kappa shape index (κ1) is 33.7. The van der Waals surface area contributed by atoms with Gasteiger partial charge < -0.3 is 14.6 Å². The van der Waals surface area contributed by atoms with Crippen molar-refractivity contribution in [3.8, 4) is 17.2 Å². The zero-order valence-corrected chi connectivity index (χ0v) is 23.5. The van der Waals surface area contributed by atoms with Crippen LogP contribution >= 0.6 is 0 Å². The summed E-state index contributed by atoms with van der Waals surface area (Å²) in [6.45, 7) is 0.676. The van der Waals surface area contributed by atoms with Crippen LogP contribution in [0, 0.1) is 0 Å². The number of nitrogens with zero attached hydrogens (tertiary/aromatic N) is 1. The van der Waals surface area contributed by atoms with E-state index < -0.39 is 45.2 Å². The number of carboxylic acids is 1. The molecule has 0 radical (unpaired) electrons. The van der Waals surface area contributed by atoms with E-state index in [0.29, 0.717) is 36.5 Å². The van der Waals surface area contributed by atoms with Gasteiger partial charge in [0.15, 0.2) is 9.84 Å². The molecular formula is C29H29F6NO6S. The lowest BCUT2D eigenvalue weighted by atomic mass is 10.2. The Morgan fingerprint density at radius 2 is 1.35 bits per heavy atom. The smallest absolute Gasteiger partial charge is 0.416 e. The third kappa shape index (κ3) is 11.1. The quantitative estimate of drug-likeness (QED) is 0.139. The minimum atomic E-state index is -4.60. The average Bonchev–Trinajstić information content (AvgIpc) is 2.92. The summed E-state index contributed by atoms with van der Waals surface area (Å²) in [5, 5.41) is 8.92. The molecule has 0 aliphatic carbocycles. The molecule has 3 aromatic carbocycles. The molecule has 7 nitrogen and oxygen atoms in total. The van der Waals surface area contributed by atoms with Crippen LogP contribution in [0.1, 0.15) is 36.8 Å². The summed E-state index contributed by atoms with van der Waals surface area (Å²) < 4.78 is 114. The summed E-state index contributed by atoms with van der Waals surface area (Å²) in [6.07, 6.45) is -8.11. The Morgan fingerprint density at radius 1 is 0.744 bits per heavy atom. The number of hydrogen-bond donors (Lipinski definition) is 1. The summed E-state index contributed by atoms with van der Waals surface area (Å²) >= 11 is 0. The van der Waals surface area contributed by atoms with Gasteiger partial charge >= 0.3 is 18.3 Å². The van der Waals surface area contributed by atoms with Gasteiger partial charge in [0.05, 0.1) is 22.6 Å². The van der Waals surface area contributed by atoms with Gasteiger partial charge in [-0.3, -0.25) is 9.69 Å². The molecule has 0 heterocycles. The molecule has 0 saturated carbocycles. The number of rotatable bonds is 15. The van der Waals surface area contributed by atoms with Crippen LogP contribution in [0.4, 0.5) is 26.3 Å². The van der Waals surface area contributed by atoms with Gasteiger partial charge in [-0.15, -0.1) is 0 Å². The number of hydrogen-bond acceptors (Lipinski definition) is 6. The normalized spacial score (nSPS) is 12.3. The van der Waals surface area contributed by atoms with Crippen LogP contribution in [0.2, 0.25) is 0 Å². The Labute approximate surface area is 244 Å². The summed E-state index contributed by atoms with van der Waals surface area (Å²) in [5.41, 5.74) is -1.80. The minimum Gasteiger partial charge on any atom is -0.494 e. The number of benzene rings is 3. The Morgan fingerprint density at radius 3 is 1.95 bits per heavy atom. The van der Waals surface area contributed by atoms with Crippen LogP contribution in [0.5, 0.6) is 17.2 Å². The second kappa shape index (κ2) is 14.6. The van der Waals surface area contributed by atoms with E-state index in [2.05, 4.69) is 0 Å². The van der Waals surface area contributed by atoms with E-state index >= 15 is 0 Å². The fraction of sp³-hybridized carbons (Fsp3) is 0.345. The van der Waals surface area contributed by atoms with Gasteiger partial charge in [0, 0.05) is 6.42 Å². The monoisotopic (exact) mass is 633 g/mol. The van der Waals surface area contributed by atoms with Crippen LogP contribution < -0.4 is 9.47 Å². The van der Waals surface area contributed by atoms with Gasteiger partial charge in [0.25, 0.3) is 0 Å². The van der Waals surface area contributed by atoms with E-state index in [1.807, 2.05) is 0 Å². The highest BCUT2D eigenvalue weighted by Crippen LogP contribution is 2.33. The number of carboxylic acid groups (broad SMARTS) is 1. The molecule has 0 saturated heterocycles. The number of sulfone groups is 1. The molecule has 0 bridgehead atoms. The van der Waals surface area contributed by atoms with Gasteiger partial charge in [-0.05, 0) is 99.1 Å². The maximum Gasteiger partial charge on any atom is 0.416 e. The van der Waals surface area contributed by atoms with Gasteiger partial charge in [-0.2, -0.15) is 26.3 Å². The van der Waals surface area contributed by atoms with Gasteiger partial charge in [-0.1, -0.05) is 6.07 Å². The SMILES string of the molecule is O=C(O)CCCN(CCCCOc1ccc(Oc2cccc(C(F)(F)F)c2)cc1)CS(=O)(=O)c1ccc(C(F)(F)F)cc1. The van der Waals surface area contributed by atoms with Crippen molar-refractivity contribution in [3.63, 3.8) is 0 Å². The molecule has 234 valence electrons. The largest absolute Gasteiger partial charge is 0.494 e. The fourth-order valence-corrected chi connectivity index (χ4v) is 5.40. The first-order valence-corrected chi connectivity index (χ1v) is 14.7. The van der Waals surface area contributed by atoms with Crippen LogP contribution in [0.15, 0.2) is 77.7 Å². The van der Waals surface area contributed by atoms with Gasteiger partial charge in [0.2, 0.25) is 0 Å². The van der Waals surface area contributed by atoms with E-state index in [1.165, 1.54) is 29.2 Å². The standard InChI is InChI=1S/C29H29F6NO6S/c30-28(31,32)21-8-14-26(15-9-21)43(39,40)20-36(17-4-7-27(37)38)16-1-2-18-41-23-10-12-24(13-11-23)42-25-6-3-5-22(19-25)29(33,34)35/h3,5-6,8-15,19H,1-2,4,7,16-18,20H2,(H,37,38). The fourth-order valence-electron chi connectivity index (χ4n) is 3.96. The van der Waals surface area contributed by atoms with Crippen molar-refractivity contribution in [1.29, 1.82) is 0 Å². The first-order valence-electron chi connectivity index (χ1n) is 13.1. The number of alkyl halides is 6. The third-order valence-electron chi connectivity index (χ3n) is 6.12. The molecule has 0 atom stereocenters. The van der Waals surface area contributed by atoms with E-state index in [9.17, 15) is 39.6 Å². The summed E-state index contributed by atoms with van der Waals surface area (Å²) in [6, 6.07) is 13.9. The number of ether oxygens (including phenoxy) is 2. The van der Waals surface area contributed by atoms with Crippen molar-refractivity contribution in [2.75, 3.05) is 25.6 Å². The molecule has 3 rings (SSSR count). The highest BCUT2D eigenvalue weighted by molar-refractivity contribution is 7.91. The molecule has 0 spiro atoms. The third-order valence-corrected chi connectivity index (χ3v) is 7.81. The maximum absolute atomic E-state index is 12.9. The Bertz CT molecular complexity index is 1440. The van der Waals surface area contributed by atoms with Gasteiger partial charge in [0.1, 0.15) is 23.1 Å². The first-order chi connectivity index (χ1) is 20.1. The zero-order valence-electron chi connectivity index (χ0n) is 22.7. The van der Waals surface area contributed by atoms with Crippen LogP contribution in [0.25, 0.3) is 0 Å². The van der Waals surface area contributed by atoms with E-state index in [0.717, 1.165) is 24.3 Å². The number of carbonyl (C=O) groups is 1. The van der Waals surface area contributed by atoms with Crippen molar-refractivity contribution in [2.24, 2.45) is 0 Å². The lowest BCUT2D eigenvalue weighted by Gasteiger charge is -2.22. The van der Waals surface area contributed by atoms with Gasteiger partial charge in [-0.25, -0.2) is 8.42 Å². The van der Waals surface area contributed by atoms with Crippen molar-refractivity contribution in [1.82, 2.24) is 4.90 Å². The number of unbranched alkanes of at least 4 members (excludes halogenated alkanes) is 1. The number of aliphatic carboxylic acids is 1. The highest BCUT2D eigenvalue weighted by Gasteiger charge is 2.31. The molecule has 0 aromatic heterocycles. The molecule has 14 heteroatoms. The van der Waals surface area contributed by atoms with Crippen molar-refractivity contribution < 1.29 is 54.1 Å². The molecule has 0 fully saturated rings. The highest BCUT2D eigenvalue weighted by atomic mass is 32.2. The van der Waals surface area contributed by atoms with Crippen molar-refractivity contribution in [2.45, 2.75) is 42.9 Å². The Balaban J connectivity index is 1.50. The molecule has 0 unspecified atom stereocenters. The van der Waals surface area contributed by atoms with E-state index in [1.54, 1.807) is 12.1 Å². The van der Waals surface area contributed by atoms with E-state index in [-0.39, 0.29) is 43.2 Å². The second-order valence-electron chi connectivity index (χ2n) is 9.54. The van der Waals surface area contributed by atoms with E-state index in [4.69, 9.17) is 14.6 Å². The molecule has 43 heavy (non-hydrogen) atoms. The van der Waals surface area contributed by atoms with Crippen molar-refractivity contribution in [3.05, 3.63) is 83.9 Å². The van der Waals surface area contributed by atoms with Crippen LogP contribution in [0.3, 0.4) is 0 Å². The summed E-state index contributed by atoms with van der Waals surface area (Å²) in [5.74, 6) is -0.730. The maximum atomic E-state index is 12.9.